The van der Waals surface area contributed by atoms with Crippen LogP contribution < -0.4 is 0 Å². The molecule has 0 saturated carbocycles. The molecule has 0 N–H and O–H groups in total. The summed E-state index contributed by atoms with van der Waals surface area (Å²) in [6.45, 7) is 5.72. The van der Waals surface area contributed by atoms with Gasteiger partial charge in [-0.2, -0.15) is 0 Å². The molecule has 3 rings (SSSR count). The molecule has 0 aromatic carbocycles. The van der Waals surface area contributed by atoms with Gasteiger partial charge in [-0.05, 0) is 26.7 Å². The van der Waals surface area contributed by atoms with Crippen LogP contribution in [0.15, 0.2) is 11.6 Å². The number of carbonyl (C=O) groups is 1. The number of rotatable bonds is 3. The minimum Gasteiger partial charge on any atom is -0.342 e. The van der Waals surface area contributed by atoms with E-state index in [1.165, 1.54) is 9.88 Å². The molecule has 1 unspecified atom stereocenters. The van der Waals surface area contributed by atoms with E-state index in [9.17, 15) is 4.79 Å². The van der Waals surface area contributed by atoms with Crippen molar-refractivity contribution < 1.29 is 4.79 Å². The van der Waals surface area contributed by atoms with Crippen molar-refractivity contribution in [1.29, 1.82) is 0 Å². The van der Waals surface area contributed by atoms with Gasteiger partial charge in [0.05, 0.1) is 22.1 Å². The molecule has 2 aromatic rings. The second kappa shape index (κ2) is 6.23. The Balaban J connectivity index is 1.64. The third-order valence-electron chi connectivity index (χ3n) is 3.76. The van der Waals surface area contributed by atoms with E-state index < -0.39 is 0 Å². The smallest absolute Gasteiger partial charge is 0.228 e. The molecule has 1 aliphatic rings. The van der Waals surface area contributed by atoms with Crippen LogP contribution in [-0.4, -0.2) is 33.9 Å². The highest BCUT2D eigenvalue weighted by Crippen LogP contribution is 2.30. The maximum absolute atomic E-state index is 12.4. The molecule has 4 nitrogen and oxygen atoms in total. The molecule has 0 spiro atoms. The fourth-order valence-corrected chi connectivity index (χ4v) is 4.23. The van der Waals surface area contributed by atoms with Crippen molar-refractivity contribution in [2.75, 3.05) is 13.1 Å². The van der Waals surface area contributed by atoms with Crippen molar-refractivity contribution in [3.8, 4) is 0 Å². The summed E-state index contributed by atoms with van der Waals surface area (Å²) in [4.78, 5) is 24.5. The molecular formula is C15H19N3OS2. The van der Waals surface area contributed by atoms with Crippen molar-refractivity contribution >= 4 is 28.6 Å². The van der Waals surface area contributed by atoms with E-state index in [4.69, 9.17) is 0 Å². The van der Waals surface area contributed by atoms with Crippen molar-refractivity contribution in [3.63, 3.8) is 0 Å². The zero-order valence-corrected chi connectivity index (χ0v) is 14.0. The van der Waals surface area contributed by atoms with Crippen LogP contribution in [0, 0.1) is 13.8 Å². The largest absolute Gasteiger partial charge is 0.342 e. The number of carbonyl (C=O) groups excluding carboxylic acids is 1. The van der Waals surface area contributed by atoms with Crippen LogP contribution in [0.4, 0.5) is 0 Å². The summed E-state index contributed by atoms with van der Waals surface area (Å²) in [5.74, 6) is 0.594. The predicted molar refractivity (Wildman–Crippen MR) is 86.0 cm³/mol. The monoisotopic (exact) mass is 321 g/mol. The van der Waals surface area contributed by atoms with E-state index in [0.29, 0.717) is 12.3 Å². The van der Waals surface area contributed by atoms with E-state index in [0.717, 1.165) is 36.6 Å². The van der Waals surface area contributed by atoms with E-state index >= 15 is 0 Å². The Hall–Kier alpha value is -1.27. The van der Waals surface area contributed by atoms with Gasteiger partial charge in [0.2, 0.25) is 5.91 Å². The summed E-state index contributed by atoms with van der Waals surface area (Å²) in [5.41, 5.74) is 0.898. The average Bonchev–Trinajstić information content (AvgIpc) is 3.08. The van der Waals surface area contributed by atoms with Crippen LogP contribution in [0.2, 0.25) is 0 Å². The lowest BCUT2D eigenvalue weighted by Gasteiger charge is -2.31. The number of likely N-dealkylation sites (tertiary alicyclic amines) is 1. The molecule has 1 fully saturated rings. The molecule has 6 heteroatoms. The average molecular weight is 321 g/mol. The number of piperidine rings is 1. The van der Waals surface area contributed by atoms with Gasteiger partial charge in [0.15, 0.2) is 0 Å². The maximum atomic E-state index is 12.4. The second-order valence-electron chi connectivity index (χ2n) is 5.52. The molecular weight excluding hydrogens is 302 g/mol. The lowest BCUT2D eigenvalue weighted by atomic mass is 9.98. The molecule has 1 aliphatic heterocycles. The topological polar surface area (TPSA) is 46.1 Å². The molecule has 0 radical (unpaired) electrons. The van der Waals surface area contributed by atoms with Crippen LogP contribution in [0.3, 0.4) is 0 Å². The van der Waals surface area contributed by atoms with Crippen LogP contribution in [0.1, 0.15) is 39.3 Å². The zero-order chi connectivity index (χ0) is 14.8. The van der Waals surface area contributed by atoms with Gasteiger partial charge in [-0.15, -0.1) is 22.7 Å². The minimum absolute atomic E-state index is 0.193. The molecule has 2 aromatic heterocycles. The highest BCUT2D eigenvalue weighted by Gasteiger charge is 2.26. The van der Waals surface area contributed by atoms with Gasteiger partial charge in [0, 0.05) is 35.5 Å². The lowest BCUT2D eigenvalue weighted by Crippen LogP contribution is -2.40. The molecule has 0 aliphatic carbocycles. The summed E-state index contributed by atoms with van der Waals surface area (Å²) < 4.78 is 0. The standard InChI is InChI=1S/C15H19N3OS2/c1-10-7-16-15(21-10)12-4-3-5-18(8-12)14(19)6-13-9-20-11(2)17-13/h7,9,12H,3-6,8H2,1-2H3. The first kappa shape index (κ1) is 14.7. The lowest BCUT2D eigenvalue weighted by molar-refractivity contribution is -0.131. The fourth-order valence-electron chi connectivity index (χ4n) is 2.72. The number of hydrogen-bond donors (Lipinski definition) is 0. The van der Waals surface area contributed by atoms with Crippen molar-refractivity contribution in [2.45, 2.75) is 39.0 Å². The summed E-state index contributed by atoms with van der Waals surface area (Å²) in [7, 11) is 0. The first-order valence-electron chi connectivity index (χ1n) is 7.23. The molecule has 112 valence electrons. The van der Waals surface area contributed by atoms with Crippen LogP contribution in [-0.2, 0) is 11.2 Å². The Bertz CT molecular complexity index is 634. The molecule has 1 saturated heterocycles. The molecule has 1 atom stereocenters. The quantitative estimate of drug-likeness (QED) is 0.872. The third kappa shape index (κ3) is 3.49. The Morgan fingerprint density at radius 3 is 3.00 bits per heavy atom. The Labute approximate surface area is 132 Å². The van der Waals surface area contributed by atoms with E-state index in [2.05, 4.69) is 16.9 Å². The van der Waals surface area contributed by atoms with Crippen molar-refractivity contribution in [1.82, 2.24) is 14.9 Å². The number of hydrogen-bond acceptors (Lipinski definition) is 5. The van der Waals surface area contributed by atoms with E-state index in [-0.39, 0.29) is 5.91 Å². The number of thiazole rings is 2. The first-order chi connectivity index (χ1) is 10.1. The number of amides is 1. The highest BCUT2D eigenvalue weighted by atomic mass is 32.1. The summed E-state index contributed by atoms with van der Waals surface area (Å²) in [6.07, 6.45) is 4.55. The SMILES string of the molecule is Cc1cnc(C2CCCN(C(=O)Cc3csc(C)n3)C2)s1. The van der Waals surface area contributed by atoms with Gasteiger partial charge in [0.1, 0.15) is 0 Å². The Morgan fingerprint density at radius 2 is 2.33 bits per heavy atom. The van der Waals surface area contributed by atoms with Gasteiger partial charge >= 0.3 is 0 Å². The summed E-state index contributed by atoms with van der Waals surface area (Å²) >= 11 is 3.36. The molecule has 0 bridgehead atoms. The van der Waals surface area contributed by atoms with E-state index in [1.54, 1.807) is 22.7 Å². The van der Waals surface area contributed by atoms with Gasteiger partial charge in [0.25, 0.3) is 0 Å². The van der Waals surface area contributed by atoms with Gasteiger partial charge in [-0.3, -0.25) is 4.79 Å². The summed E-state index contributed by atoms with van der Waals surface area (Å²) in [5, 5.41) is 4.18. The summed E-state index contributed by atoms with van der Waals surface area (Å²) in [6, 6.07) is 0. The van der Waals surface area contributed by atoms with Crippen molar-refractivity contribution in [2.24, 2.45) is 0 Å². The number of aromatic nitrogens is 2. The van der Waals surface area contributed by atoms with Crippen molar-refractivity contribution in [3.05, 3.63) is 32.2 Å². The van der Waals surface area contributed by atoms with Gasteiger partial charge < -0.3 is 4.90 Å². The number of aryl methyl sites for hydroxylation is 2. The minimum atomic E-state index is 0.193. The fraction of sp³-hybridized carbons (Fsp3) is 0.533. The van der Waals surface area contributed by atoms with Crippen LogP contribution >= 0.6 is 22.7 Å². The van der Waals surface area contributed by atoms with Gasteiger partial charge in [-0.25, -0.2) is 9.97 Å². The molecule has 3 heterocycles. The zero-order valence-electron chi connectivity index (χ0n) is 12.3. The van der Waals surface area contributed by atoms with E-state index in [1.807, 2.05) is 23.4 Å². The van der Waals surface area contributed by atoms with Crippen LogP contribution in [0.25, 0.3) is 0 Å². The van der Waals surface area contributed by atoms with Gasteiger partial charge in [-0.1, -0.05) is 0 Å². The maximum Gasteiger partial charge on any atom is 0.228 e. The number of nitrogens with zero attached hydrogens (tertiary/aromatic N) is 3. The molecule has 1 amide bonds. The molecule has 21 heavy (non-hydrogen) atoms. The highest BCUT2D eigenvalue weighted by molar-refractivity contribution is 7.11. The third-order valence-corrected chi connectivity index (χ3v) is 5.66. The van der Waals surface area contributed by atoms with Crippen LogP contribution in [0.5, 0.6) is 0 Å². The second-order valence-corrected chi connectivity index (χ2v) is 7.85. The normalized spacial score (nSPS) is 19.0. The Morgan fingerprint density at radius 1 is 1.48 bits per heavy atom. The predicted octanol–water partition coefficient (Wildman–Crippen LogP) is 3.17. The Kier molecular flexibility index (Phi) is 4.35. The first-order valence-corrected chi connectivity index (χ1v) is 8.92.